The third-order valence-corrected chi connectivity index (χ3v) is 3.97. The number of nitrogens with two attached hydrogens (primary N) is 1. The second-order valence-electron chi connectivity index (χ2n) is 6.77. The number of nitrogens with zero attached hydrogens (tertiary/aromatic N) is 3. The van der Waals surface area contributed by atoms with E-state index in [9.17, 15) is 0 Å². The zero-order chi connectivity index (χ0) is 14.9. The van der Waals surface area contributed by atoms with Crippen LogP contribution >= 0.6 is 0 Å². The normalized spacial score (nSPS) is 23.0. The van der Waals surface area contributed by atoms with E-state index in [1.54, 1.807) is 0 Å². The van der Waals surface area contributed by atoms with Gasteiger partial charge in [-0.25, -0.2) is 0 Å². The Morgan fingerprint density at radius 1 is 1.50 bits per heavy atom. The van der Waals surface area contributed by atoms with Gasteiger partial charge >= 0.3 is 0 Å². The van der Waals surface area contributed by atoms with Gasteiger partial charge in [-0.3, -0.25) is 9.58 Å². The molecule has 2 N–H and O–H groups in total. The second-order valence-corrected chi connectivity index (χ2v) is 6.77. The van der Waals surface area contributed by atoms with Crippen LogP contribution in [0.15, 0.2) is 6.20 Å². The summed E-state index contributed by atoms with van der Waals surface area (Å²) >= 11 is 0. The summed E-state index contributed by atoms with van der Waals surface area (Å²) in [7, 11) is 1.98. The Balaban J connectivity index is 2.36. The van der Waals surface area contributed by atoms with Crippen molar-refractivity contribution in [3.63, 3.8) is 0 Å². The molecule has 0 bridgehead atoms. The zero-order valence-corrected chi connectivity index (χ0v) is 13.4. The summed E-state index contributed by atoms with van der Waals surface area (Å²) in [5.74, 6) is 0. The van der Waals surface area contributed by atoms with E-state index >= 15 is 0 Å². The van der Waals surface area contributed by atoms with Crippen molar-refractivity contribution in [3.8, 4) is 0 Å². The number of hydrogen-bond acceptors (Lipinski definition) is 4. The minimum Gasteiger partial charge on any atom is -0.379 e. The van der Waals surface area contributed by atoms with Crippen molar-refractivity contribution in [2.24, 2.45) is 12.8 Å². The number of rotatable bonds is 3. The predicted octanol–water partition coefficient (Wildman–Crippen LogP) is 1.44. The highest BCUT2D eigenvalue weighted by Gasteiger charge is 2.32. The summed E-state index contributed by atoms with van der Waals surface area (Å²) in [6, 6.07) is 0.613. The van der Waals surface area contributed by atoms with Crippen molar-refractivity contribution in [2.75, 3.05) is 26.3 Å². The number of morpholine rings is 1. The van der Waals surface area contributed by atoms with Gasteiger partial charge in [0, 0.05) is 43.4 Å². The molecule has 5 heteroatoms. The van der Waals surface area contributed by atoms with Crippen molar-refractivity contribution < 1.29 is 4.74 Å². The first-order valence-corrected chi connectivity index (χ1v) is 7.42. The highest BCUT2D eigenvalue weighted by molar-refractivity contribution is 5.28. The third kappa shape index (κ3) is 3.05. The van der Waals surface area contributed by atoms with E-state index in [0.717, 1.165) is 25.5 Å². The highest BCUT2D eigenvalue weighted by Crippen LogP contribution is 2.32. The van der Waals surface area contributed by atoms with Gasteiger partial charge in [-0.15, -0.1) is 0 Å². The van der Waals surface area contributed by atoms with Gasteiger partial charge in [0.2, 0.25) is 0 Å². The number of aromatic nitrogens is 2. The lowest BCUT2D eigenvalue weighted by atomic mass is 9.87. The maximum Gasteiger partial charge on any atom is 0.0726 e. The quantitative estimate of drug-likeness (QED) is 0.910. The molecule has 20 heavy (non-hydrogen) atoms. The van der Waals surface area contributed by atoms with Crippen LogP contribution in [-0.4, -0.2) is 47.0 Å². The average Bonchev–Trinajstić information content (AvgIpc) is 2.74. The zero-order valence-electron chi connectivity index (χ0n) is 13.4. The van der Waals surface area contributed by atoms with Crippen LogP contribution in [-0.2, 0) is 17.2 Å². The molecule has 1 aliphatic rings. The molecule has 1 aromatic rings. The number of aryl methyl sites for hydroxylation is 1. The topological polar surface area (TPSA) is 56.3 Å². The lowest BCUT2D eigenvalue weighted by Gasteiger charge is -2.39. The van der Waals surface area contributed by atoms with Crippen molar-refractivity contribution in [1.82, 2.24) is 14.7 Å². The molecule has 0 aromatic carbocycles. The lowest BCUT2D eigenvalue weighted by molar-refractivity contribution is -0.0212. The summed E-state index contributed by atoms with van der Waals surface area (Å²) < 4.78 is 7.45. The van der Waals surface area contributed by atoms with Crippen molar-refractivity contribution in [1.29, 1.82) is 0 Å². The first-order valence-electron chi connectivity index (χ1n) is 7.42. The smallest absolute Gasteiger partial charge is 0.0726 e. The van der Waals surface area contributed by atoms with Crippen molar-refractivity contribution >= 4 is 0 Å². The molecule has 0 amide bonds. The Hall–Kier alpha value is -0.910. The van der Waals surface area contributed by atoms with Crippen LogP contribution < -0.4 is 5.73 Å². The fourth-order valence-corrected chi connectivity index (χ4v) is 2.98. The Morgan fingerprint density at radius 3 is 2.75 bits per heavy atom. The molecular weight excluding hydrogens is 252 g/mol. The molecule has 1 fully saturated rings. The van der Waals surface area contributed by atoms with E-state index in [2.05, 4.69) is 43.9 Å². The van der Waals surface area contributed by atoms with Crippen LogP contribution in [0, 0.1) is 0 Å². The first-order chi connectivity index (χ1) is 9.34. The minimum atomic E-state index is 0.0273. The minimum absolute atomic E-state index is 0.0273. The third-order valence-electron chi connectivity index (χ3n) is 3.97. The Labute approximate surface area is 122 Å². The van der Waals surface area contributed by atoms with Crippen LogP contribution in [0.3, 0.4) is 0 Å². The fraction of sp³-hybridized carbons (Fsp3) is 0.800. The fourth-order valence-electron chi connectivity index (χ4n) is 2.98. The molecule has 2 atom stereocenters. The van der Waals surface area contributed by atoms with Crippen LogP contribution in [0.5, 0.6) is 0 Å². The molecule has 2 heterocycles. The number of ether oxygens (including phenoxy) is 1. The van der Waals surface area contributed by atoms with Gasteiger partial charge in [0.15, 0.2) is 0 Å². The van der Waals surface area contributed by atoms with Crippen LogP contribution in [0.4, 0.5) is 0 Å². The maximum atomic E-state index is 6.10. The highest BCUT2D eigenvalue weighted by atomic mass is 16.5. The first kappa shape index (κ1) is 15.5. The molecular formula is C15H28N4O. The van der Waals surface area contributed by atoms with Crippen LogP contribution in [0.2, 0.25) is 0 Å². The van der Waals surface area contributed by atoms with Gasteiger partial charge in [-0.1, -0.05) is 20.8 Å². The molecule has 0 radical (unpaired) electrons. The van der Waals surface area contributed by atoms with Gasteiger partial charge in [-0.2, -0.15) is 5.10 Å². The van der Waals surface area contributed by atoms with E-state index in [-0.39, 0.29) is 11.5 Å². The van der Waals surface area contributed by atoms with Gasteiger partial charge in [-0.05, 0) is 6.92 Å². The molecule has 2 unspecified atom stereocenters. The van der Waals surface area contributed by atoms with E-state index in [0.29, 0.717) is 12.6 Å². The molecule has 5 nitrogen and oxygen atoms in total. The molecule has 0 aliphatic carbocycles. The van der Waals surface area contributed by atoms with Crippen LogP contribution in [0.1, 0.15) is 45.0 Å². The number of hydrogen-bond donors (Lipinski definition) is 1. The SMILES string of the molecule is CC1COCCN1C(CN)c1cn(C)nc1C(C)(C)C. The molecule has 1 aliphatic heterocycles. The molecule has 0 spiro atoms. The standard InChI is InChI=1S/C15H28N4O/c1-11-10-20-7-6-19(11)13(8-16)12-9-18(5)17-14(12)15(2,3)4/h9,11,13H,6-8,10,16H2,1-5H3. The molecule has 2 rings (SSSR count). The Kier molecular flexibility index (Phi) is 4.52. The second kappa shape index (κ2) is 5.84. The van der Waals surface area contributed by atoms with E-state index < -0.39 is 0 Å². The van der Waals surface area contributed by atoms with Gasteiger partial charge in [0.25, 0.3) is 0 Å². The maximum absolute atomic E-state index is 6.10. The lowest BCUT2D eigenvalue weighted by Crippen LogP contribution is -2.48. The molecule has 0 saturated carbocycles. The largest absolute Gasteiger partial charge is 0.379 e. The van der Waals surface area contributed by atoms with Crippen molar-refractivity contribution in [3.05, 3.63) is 17.5 Å². The van der Waals surface area contributed by atoms with E-state index in [1.165, 1.54) is 5.56 Å². The molecule has 114 valence electrons. The average molecular weight is 280 g/mol. The Bertz CT molecular complexity index is 449. The van der Waals surface area contributed by atoms with Gasteiger partial charge in [0.1, 0.15) is 0 Å². The van der Waals surface area contributed by atoms with E-state index in [1.807, 2.05) is 11.7 Å². The van der Waals surface area contributed by atoms with Crippen LogP contribution in [0.25, 0.3) is 0 Å². The van der Waals surface area contributed by atoms with E-state index in [4.69, 9.17) is 10.5 Å². The summed E-state index contributed by atoms with van der Waals surface area (Å²) in [5, 5.41) is 4.67. The molecule has 1 aromatic heterocycles. The van der Waals surface area contributed by atoms with Gasteiger partial charge < -0.3 is 10.5 Å². The summed E-state index contributed by atoms with van der Waals surface area (Å²) in [6.45, 7) is 11.9. The van der Waals surface area contributed by atoms with Crippen molar-refractivity contribution in [2.45, 2.75) is 45.2 Å². The molecule has 1 saturated heterocycles. The van der Waals surface area contributed by atoms with Gasteiger partial charge in [0.05, 0.1) is 24.9 Å². The predicted molar refractivity (Wildman–Crippen MR) is 80.7 cm³/mol. The Morgan fingerprint density at radius 2 is 2.20 bits per heavy atom. The summed E-state index contributed by atoms with van der Waals surface area (Å²) in [4.78, 5) is 2.45. The monoisotopic (exact) mass is 280 g/mol. The summed E-state index contributed by atoms with van der Waals surface area (Å²) in [5.41, 5.74) is 8.53. The summed E-state index contributed by atoms with van der Waals surface area (Å²) in [6.07, 6.45) is 2.13.